The average molecular weight is 203 g/mol. The van der Waals surface area contributed by atoms with Crippen LogP contribution in [0.25, 0.3) is 0 Å². The van der Waals surface area contributed by atoms with Crippen molar-refractivity contribution in [2.75, 3.05) is 7.11 Å². The van der Waals surface area contributed by atoms with Crippen molar-refractivity contribution in [3.05, 3.63) is 28.8 Å². The maximum atomic E-state index is 9.81. The lowest BCUT2D eigenvalue weighted by Crippen LogP contribution is -2.10. The maximum Gasteiger partial charge on any atom is 0.137 e. The zero-order valence-electron chi connectivity index (χ0n) is 8.66. The van der Waals surface area contributed by atoms with Gasteiger partial charge in [0.05, 0.1) is 18.8 Å². The number of aliphatic hydroxyl groups is 1. The van der Waals surface area contributed by atoms with Crippen LogP contribution in [0.2, 0.25) is 0 Å². The summed E-state index contributed by atoms with van der Waals surface area (Å²) in [5, 5.41) is 18.7. The molecule has 0 aliphatic heterocycles. The molecule has 0 amide bonds. The van der Waals surface area contributed by atoms with Crippen molar-refractivity contribution in [2.24, 2.45) is 0 Å². The molecule has 0 radical (unpaired) electrons. The third-order valence-electron chi connectivity index (χ3n) is 2.86. The van der Waals surface area contributed by atoms with Gasteiger partial charge in [-0.1, -0.05) is 0 Å². The van der Waals surface area contributed by atoms with Crippen LogP contribution in [0.4, 0.5) is 0 Å². The Kier molecular flexibility index (Phi) is 2.61. The molecular formula is C12H13NO2. The number of fused-ring (bicyclic) bond motifs is 1. The lowest BCUT2D eigenvalue weighted by Gasteiger charge is -2.22. The van der Waals surface area contributed by atoms with Gasteiger partial charge < -0.3 is 9.84 Å². The van der Waals surface area contributed by atoms with E-state index in [2.05, 4.69) is 6.07 Å². The Morgan fingerprint density at radius 1 is 1.53 bits per heavy atom. The van der Waals surface area contributed by atoms with Gasteiger partial charge in [-0.25, -0.2) is 0 Å². The molecule has 0 spiro atoms. The van der Waals surface area contributed by atoms with Gasteiger partial charge in [0.1, 0.15) is 11.8 Å². The predicted octanol–water partition coefficient (Wildman–Crippen LogP) is 1.94. The Hall–Kier alpha value is -1.53. The number of benzene rings is 1. The van der Waals surface area contributed by atoms with Gasteiger partial charge in [-0.2, -0.15) is 5.26 Å². The molecule has 0 heterocycles. The molecule has 1 N–H and O–H groups in total. The van der Waals surface area contributed by atoms with Crippen molar-refractivity contribution in [2.45, 2.75) is 25.4 Å². The molecule has 3 heteroatoms. The Bertz CT molecular complexity index is 420. The molecule has 1 aromatic rings. The van der Waals surface area contributed by atoms with Crippen molar-refractivity contribution in [3.63, 3.8) is 0 Å². The van der Waals surface area contributed by atoms with E-state index >= 15 is 0 Å². The van der Waals surface area contributed by atoms with E-state index in [0.717, 1.165) is 30.4 Å². The fourth-order valence-corrected chi connectivity index (χ4v) is 2.06. The summed E-state index contributed by atoms with van der Waals surface area (Å²) >= 11 is 0. The number of aliphatic hydroxyl groups excluding tert-OH is 1. The van der Waals surface area contributed by atoms with Crippen LogP contribution in [0.5, 0.6) is 5.75 Å². The van der Waals surface area contributed by atoms with E-state index in [1.54, 1.807) is 6.07 Å². The fourth-order valence-electron chi connectivity index (χ4n) is 2.06. The number of nitrogens with zero attached hydrogens (tertiary/aromatic N) is 1. The topological polar surface area (TPSA) is 53.2 Å². The summed E-state index contributed by atoms with van der Waals surface area (Å²) in [5.74, 6) is 0.553. The van der Waals surface area contributed by atoms with Crippen LogP contribution in [-0.4, -0.2) is 12.2 Å². The first-order valence-electron chi connectivity index (χ1n) is 5.05. The second-order valence-electron chi connectivity index (χ2n) is 3.77. The number of rotatable bonds is 1. The summed E-state index contributed by atoms with van der Waals surface area (Å²) in [6.45, 7) is 0. The van der Waals surface area contributed by atoms with E-state index in [1.807, 2.05) is 6.07 Å². The molecule has 1 unspecified atom stereocenters. The van der Waals surface area contributed by atoms with Crippen molar-refractivity contribution in [1.82, 2.24) is 0 Å². The molecule has 78 valence electrons. The highest BCUT2D eigenvalue weighted by molar-refractivity contribution is 5.50. The minimum atomic E-state index is -0.407. The van der Waals surface area contributed by atoms with Crippen LogP contribution in [0.1, 0.15) is 35.6 Å². The van der Waals surface area contributed by atoms with Gasteiger partial charge in [-0.15, -0.1) is 0 Å². The maximum absolute atomic E-state index is 9.81. The summed E-state index contributed by atoms with van der Waals surface area (Å²) in [6.07, 6.45) is 2.30. The highest BCUT2D eigenvalue weighted by atomic mass is 16.5. The van der Waals surface area contributed by atoms with Crippen molar-refractivity contribution in [1.29, 1.82) is 5.26 Å². The van der Waals surface area contributed by atoms with Gasteiger partial charge >= 0.3 is 0 Å². The molecule has 1 aromatic carbocycles. The monoisotopic (exact) mass is 203 g/mol. The number of aryl methyl sites for hydroxylation is 1. The van der Waals surface area contributed by atoms with Gasteiger partial charge in [0.15, 0.2) is 0 Å². The van der Waals surface area contributed by atoms with Gasteiger partial charge in [-0.05, 0) is 42.5 Å². The van der Waals surface area contributed by atoms with Gasteiger partial charge in [0.25, 0.3) is 0 Å². The van der Waals surface area contributed by atoms with Gasteiger partial charge in [-0.3, -0.25) is 0 Å². The molecule has 0 saturated carbocycles. The van der Waals surface area contributed by atoms with Crippen molar-refractivity contribution >= 4 is 0 Å². The molecule has 2 rings (SSSR count). The highest BCUT2D eigenvalue weighted by Gasteiger charge is 2.20. The lowest BCUT2D eigenvalue weighted by molar-refractivity contribution is 0.156. The smallest absolute Gasteiger partial charge is 0.137 e. The number of methoxy groups -OCH3 is 1. The number of hydrogen-bond donors (Lipinski definition) is 1. The van der Waals surface area contributed by atoms with E-state index in [0.29, 0.717) is 11.3 Å². The Balaban J connectivity index is 2.54. The second-order valence-corrected chi connectivity index (χ2v) is 3.77. The van der Waals surface area contributed by atoms with Crippen molar-refractivity contribution in [3.8, 4) is 11.8 Å². The first kappa shape index (κ1) is 10.0. The van der Waals surface area contributed by atoms with Crippen LogP contribution in [0.3, 0.4) is 0 Å². The molecule has 1 aliphatic rings. The number of nitriles is 1. The van der Waals surface area contributed by atoms with E-state index in [9.17, 15) is 5.11 Å². The normalized spacial score (nSPS) is 19.1. The predicted molar refractivity (Wildman–Crippen MR) is 55.6 cm³/mol. The largest absolute Gasteiger partial charge is 0.495 e. The van der Waals surface area contributed by atoms with E-state index < -0.39 is 6.10 Å². The highest BCUT2D eigenvalue weighted by Crippen LogP contribution is 2.34. The molecule has 3 nitrogen and oxygen atoms in total. The summed E-state index contributed by atoms with van der Waals surface area (Å²) in [7, 11) is 1.54. The third-order valence-corrected chi connectivity index (χ3v) is 2.86. The first-order valence-corrected chi connectivity index (χ1v) is 5.05. The third kappa shape index (κ3) is 1.69. The first-order chi connectivity index (χ1) is 7.26. The second kappa shape index (κ2) is 3.92. The van der Waals surface area contributed by atoms with Gasteiger partial charge in [0, 0.05) is 0 Å². The van der Waals surface area contributed by atoms with Crippen LogP contribution >= 0.6 is 0 Å². The molecule has 0 fully saturated rings. The summed E-state index contributed by atoms with van der Waals surface area (Å²) in [4.78, 5) is 0. The van der Waals surface area contributed by atoms with Crippen LogP contribution in [0.15, 0.2) is 12.1 Å². The molecular weight excluding hydrogens is 190 g/mol. The van der Waals surface area contributed by atoms with E-state index in [-0.39, 0.29) is 0 Å². The zero-order valence-corrected chi connectivity index (χ0v) is 8.66. The molecule has 0 aromatic heterocycles. The van der Waals surface area contributed by atoms with Gasteiger partial charge in [0.2, 0.25) is 0 Å². The fraction of sp³-hybridized carbons (Fsp3) is 0.417. The van der Waals surface area contributed by atoms with E-state index in [1.165, 1.54) is 7.11 Å². The Morgan fingerprint density at radius 2 is 2.33 bits per heavy atom. The Morgan fingerprint density at radius 3 is 3.00 bits per heavy atom. The summed E-state index contributed by atoms with van der Waals surface area (Å²) in [5.41, 5.74) is 2.54. The number of ether oxygens (including phenoxy) is 1. The summed E-state index contributed by atoms with van der Waals surface area (Å²) in [6, 6.07) is 5.72. The molecule has 0 saturated heterocycles. The van der Waals surface area contributed by atoms with Crippen molar-refractivity contribution < 1.29 is 9.84 Å². The van der Waals surface area contributed by atoms with Crippen LogP contribution in [-0.2, 0) is 6.42 Å². The number of hydrogen-bond acceptors (Lipinski definition) is 3. The lowest BCUT2D eigenvalue weighted by atomic mass is 9.88. The summed E-state index contributed by atoms with van der Waals surface area (Å²) < 4.78 is 5.12. The molecule has 1 atom stereocenters. The molecule has 15 heavy (non-hydrogen) atoms. The minimum absolute atomic E-state index is 0.407. The molecule has 1 aliphatic carbocycles. The average Bonchev–Trinajstić information content (AvgIpc) is 2.28. The molecule has 0 bridgehead atoms. The van der Waals surface area contributed by atoms with Crippen LogP contribution in [0, 0.1) is 11.3 Å². The van der Waals surface area contributed by atoms with Crippen LogP contribution < -0.4 is 4.74 Å². The Labute approximate surface area is 88.9 Å². The van der Waals surface area contributed by atoms with E-state index in [4.69, 9.17) is 10.00 Å². The minimum Gasteiger partial charge on any atom is -0.495 e. The zero-order chi connectivity index (χ0) is 10.8. The quantitative estimate of drug-likeness (QED) is 0.758. The standard InChI is InChI=1S/C12H13NO2/c1-15-12-6-10-8(5-9(12)7-13)3-2-4-11(10)14/h5-6,11,14H,2-4H2,1H3. The SMILES string of the molecule is COc1cc2c(cc1C#N)CCCC2O.